The Hall–Kier alpha value is -1.18. The predicted molar refractivity (Wildman–Crippen MR) is 92.3 cm³/mol. The summed E-state index contributed by atoms with van der Waals surface area (Å²) in [7, 11) is 0. The van der Waals surface area contributed by atoms with E-state index in [1.165, 1.54) is 81.4 Å². The fourth-order valence-electron chi connectivity index (χ4n) is 3.84. The standard InChI is InChI=1S/C19H30N2/c1-16-14-18(21-12-6-7-13-21)10-11-19(16)20-15-17-8-4-2-3-5-9-17/h10-11,14,17,20H,2-9,12-13,15H2,1H3. The molecule has 21 heavy (non-hydrogen) atoms. The van der Waals surface area contributed by atoms with E-state index in [2.05, 4.69) is 35.3 Å². The molecule has 2 nitrogen and oxygen atoms in total. The van der Waals surface area contributed by atoms with Gasteiger partial charge in [-0.05, 0) is 62.3 Å². The van der Waals surface area contributed by atoms with E-state index in [-0.39, 0.29) is 0 Å². The summed E-state index contributed by atoms with van der Waals surface area (Å²) in [6.45, 7) is 5.86. The van der Waals surface area contributed by atoms with Gasteiger partial charge in [-0.15, -0.1) is 0 Å². The van der Waals surface area contributed by atoms with Gasteiger partial charge in [0, 0.05) is 31.0 Å². The van der Waals surface area contributed by atoms with Gasteiger partial charge in [0.1, 0.15) is 0 Å². The van der Waals surface area contributed by atoms with Crippen molar-refractivity contribution in [1.29, 1.82) is 0 Å². The smallest absolute Gasteiger partial charge is 0.0371 e. The molecule has 1 heterocycles. The molecule has 1 aliphatic carbocycles. The SMILES string of the molecule is Cc1cc(N2CCCC2)ccc1NCC1CCCCCC1. The highest BCUT2D eigenvalue weighted by Gasteiger charge is 2.14. The minimum absolute atomic E-state index is 0.880. The van der Waals surface area contributed by atoms with E-state index in [0.29, 0.717) is 0 Å². The number of nitrogens with zero attached hydrogens (tertiary/aromatic N) is 1. The van der Waals surface area contributed by atoms with Crippen LogP contribution in [0.2, 0.25) is 0 Å². The molecule has 2 fully saturated rings. The Bertz CT molecular complexity index is 441. The second-order valence-electron chi connectivity index (χ2n) is 6.93. The Morgan fingerprint density at radius 2 is 1.71 bits per heavy atom. The van der Waals surface area contributed by atoms with Gasteiger partial charge < -0.3 is 10.2 Å². The lowest BCUT2D eigenvalue weighted by atomic mass is 10.00. The van der Waals surface area contributed by atoms with E-state index in [4.69, 9.17) is 0 Å². The lowest BCUT2D eigenvalue weighted by molar-refractivity contribution is 0.483. The summed E-state index contributed by atoms with van der Waals surface area (Å²) in [6, 6.07) is 6.95. The number of hydrogen-bond acceptors (Lipinski definition) is 2. The first-order valence-corrected chi connectivity index (χ1v) is 8.92. The quantitative estimate of drug-likeness (QED) is 0.785. The number of benzene rings is 1. The van der Waals surface area contributed by atoms with Crippen molar-refractivity contribution in [3.05, 3.63) is 23.8 Å². The monoisotopic (exact) mass is 286 g/mol. The van der Waals surface area contributed by atoms with Crippen LogP contribution in [-0.2, 0) is 0 Å². The third kappa shape index (κ3) is 3.93. The van der Waals surface area contributed by atoms with Gasteiger partial charge in [-0.1, -0.05) is 25.7 Å². The Kier molecular flexibility index (Phi) is 5.05. The molecule has 0 spiro atoms. The summed E-state index contributed by atoms with van der Waals surface area (Å²) in [5, 5.41) is 3.71. The summed E-state index contributed by atoms with van der Waals surface area (Å²) < 4.78 is 0. The summed E-state index contributed by atoms with van der Waals surface area (Å²) >= 11 is 0. The van der Waals surface area contributed by atoms with E-state index in [1.807, 2.05) is 0 Å². The largest absolute Gasteiger partial charge is 0.385 e. The molecule has 3 rings (SSSR count). The Morgan fingerprint density at radius 1 is 1.00 bits per heavy atom. The first kappa shape index (κ1) is 14.7. The van der Waals surface area contributed by atoms with Crippen molar-refractivity contribution in [1.82, 2.24) is 0 Å². The van der Waals surface area contributed by atoms with Crippen LogP contribution in [0.15, 0.2) is 18.2 Å². The topological polar surface area (TPSA) is 15.3 Å². The molecule has 0 atom stereocenters. The van der Waals surface area contributed by atoms with Crippen LogP contribution in [0.3, 0.4) is 0 Å². The molecule has 116 valence electrons. The molecular weight excluding hydrogens is 256 g/mol. The van der Waals surface area contributed by atoms with Gasteiger partial charge in [-0.2, -0.15) is 0 Å². The van der Waals surface area contributed by atoms with Crippen LogP contribution in [0.4, 0.5) is 11.4 Å². The van der Waals surface area contributed by atoms with Gasteiger partial charge in [-0.3, -0.25) is 0 Å². The number of anilines is 2. The molecule has 0 bridgehead atoms. The van der Waals surface area contributed by atoms with Crippen LogP contribution in [0, 0.1) is 12.8 Å². The fourth-order valence-corrected chi connectivity index (χ4v) is 3.84. The molecule has 1 saturated heterocycles. The van der Waals surface area contributed by atoms with Crippen LogP contribution >= 0.6 is 0 Å². The molecule has 0 aromatic heterocycles. The van der Waals surface area contributed by atoms with Crippen LogP contribution in [0.25, 0.3) is 0 Å². The minimum atomic E-state index is 0.880. The Labute approximate surface area is 129 Å². The van der Waals surface area contributed by atoms with Gasteiger partial charge in [0.05, 0.1) is 0 Å². The average molecular weight is 286 g/mol. The van der Waals surface area contributed by atoms with Gasteiger partial charge in [0.25, 0.3) is 0 Å². The van der Waals surface area contributed by atoms with Crippen molar-refractivity contribution >= 4 is 11.4 Å². The van der Waals surface area contributed by atoms with E-state index >= 15 is 0 Å². The van der Waals surface area contributed by atoms with Crippen molar-refractivity contribution in [3.8, 4) is 0 Å². The van der Waals surface area contributed by atoms with Gasteiger partial charge in [-0.25, -0.2) is 0 Å². The third-order valence-electron chi connectivity index (χ3n) is 5.24. The Balaban J connectivity index is 1.57. The predicted octanol–water partition coefficient (Wildman–Crippen LogP) is 4.98. The molecule has 2 aliphatic rings. The molecule has 0 amide bonds. The van der Waals surface area contributed by atoms with E-state index in [1.54, 1.807) is 0 Å². The lowest BCUT2D eigenvalue weighted by Crippen LogP contribution is -2.18. The molecule has 1 aromatic rings. The summed E-state index contributed by atoms with van der Waals surface area (Å²) in [5.41, 5.74) is 4.14. The number of aryl methyl sites for hydroxylation is 1. The highest BCUT2D eigenvalue weighted by Crippen LogP contribution is 2.27. The summed E-state index contributed by atoms with van der Waals surface area (Å²) in [4.78, 5) is 2.52. The van der Waals surface area contributed by atoms with Crippen molar-refractivity contribution in [2.24, 2.45) is 5.92 Å². The molecule has 1 N–H and O–H groups in total. The molecule has 0 unspecified atom stereocenters. The zero-order chi connectivity index (χ0) is 14.5. The first-order chi connectivity index (χ1) is 10.3. The van der Waals surface area contributed by atoms with E-state index < -0.39 is 0 Å². The number of rotatable bonds is 4. The highest BCUT2D eigenvalue weighted by atomic mass is 15.1. The third-order valence-corrected chi connectivity index (χ3v) is 5.24. The van der Waals surface area contributed by atoms with Crippen molar-refractivity contribution < 1.29 is 0 Å². The molecule has 0 radical (unpaired) electrons. The van der Waals surface area contributed by atoms with Crippen LogP contribution < -0.4 is 10.2 Å². The van der Waals surface area contributed by atoms with Crippen molar-refractivity contribution in [3.63, 3.8) is 0 Å². The second kappa shape index (κ2) is 7.20. The maximum absolute atomic E-state index is 3.71. The highest BCUT2D eigenvalue weighted by molar-refractivity contribution is 5.60. The average Bonchev–Trinajstić information content (AvgIpc) is 2.90. The minimum Gasteiger partial charge on any atom is -0.385 e. The molecule has 1 saturated carbocycles. The second-order valence-corrected chi connectivity index (χ2v) is 6.93. The fraction of sp³-hybridized carbons (Fsp3) is 0.684. The number of hydrogen-bond donors (Lipinski definition) is 1. The van der Waals surface area contributed by atoms with Gasteiger partial charge >= 0.3 is 0 Å². The molecular formula is C19H30N2. The lowest BCUT2D eigenvalue weighted by Gasteiger charge is -2.21. The molecule has 2 heteroatoms. The van der Waals surface area contributed by atoms with Crippen LogP contribution in [-0.4, -0.2) is 19.6 Å². The normalized spacial score (nSPS) is 20.5. The summed E-state index contributed by atoms with van der Waals surface area (Å²) in [5.74, 6) is 0.880. The Morgan fingerprint density at radius 3 is 2.38 bits per heavy atom. The van der Waals surface area contributed by atoms with Crippen molar-refractivity contribution in [2.45, 2.75) is 58.3 Å². The van der Waals surface area contributed by atoms with Gasteiger partial charge in [0.15, 0.2) is 0 Å². The van der Waals surface area contributed by atoms with Crippen LogP contribution in [0.5, 0.6) is 0 Å². The first-order valence-electron chi connectivity index (χ1n) is 8.92. The van der Waals surface area contributed by atoms with Gasteiger partial charge in [0.2, 0.25) is 0 Å². The maximum Gasteiger partial charge on any atom is 0.0371 e. The maximum atomic E-state index is 3.71. The molecule has 1 aliphatic heterocycles. The zero-order valence-corrected chi connectivity index (χ0v) is 13.5. The van der Waals surface area contributed by atoms with E-state index in [9.17, 15) is 0 Å². The summed E-state index contributed by atoms with van der Waals surface area (Å²) in [6.07, 6.45) is 11.3. The number of nitrogens with one attached hydrogen (secondary N) is 1. The van der Waals surface area contributed by atoms with Crippen LogP contribution in [0.1, 0.15) is 56.9 Å². The van der Waals surface area contributed by atoms with Crippen molar-refractivity contribution in [2.75, 3.05) is 29.9 Å². The van der Waals surface area contributed by atoms with E-state index in [0.717, 1.165) is 12.5 Å². The molecule has 1 aromatic carbocycles. The zero-order valence-electron chi connectivity index (χ0n) is 13.5.